The van der Waals surface area contributed by atoms with Crippen molar-refractivity contribution in [3.63, 3.8) is 0 Å². The molecule has 0 saturated carbocycles. The van der Waals surface area contributed by atoms with Crippen LogP contribution in [0.5, 0.6) is 0 Å². The number of carbonyl (C=O) groups excluding carboxylic acids is 1. The van der Waals surface area contributed by atoms with Crippen LogP contribution in [0, 0.1) is 11.8 Å². The van der Waals surface area contributed by atoms with E-state index < -0.39 is 5.60 Å². The molecule has 4 heteroatoms. The lowest BCUT2D eigenvalue weighted by molar-refractivity contribution is 0.0526. The van der Waals surface area contributed by atoms with E-state index >= 15 is 0 Å². The minimum atomic E-state index is -0.433. The van der Waals surface area contributed by atoms with E-state index in [1.807, 2.05) is 34.7 Å². The number of carbonyl (C=O) groups is 1. The summed E-state index contributed by atoms with van der Waals surface area (Å²) in [7, 11) is 2.01. The summed E-state index contributed by atoms with van der Waals surface area (Å²) in [5.41, 5.74) is -0.433. The van der Waals surface area contributed by atoms with Crippen LogP contribution in [0.2, 0.25) is 0 Å². The molecule has 0 aromatic rings. The van der Waals surface area contributed by atoms with E-state index in [1.165, 1.54) is 0 Å². The van der Waals surface area contributed by atoms with Crippen molar-refractivity contribution >= 4 is 6.09 Å². The minimum absolute atomic E-state index is 0.353. The molecule has 0 aliphatic heterocycles. The first-order valence-electron chi connectivity index (χ1n) is 5.90. The van der Waals surface area contributed by atoms with Gasteiger partial charge in [-0.25, -0.2) is 4.79 Å². The molecule has 0 aliphatic rings. The number of alkyl carbamates (subject to hydrolysis) is 1. The van der Waals surface area contributed by atoms with E-state index in [4.69, 9.17) is 4.74 Å². The van der Waals surface area contributed by atoms with Gasteiger partial charge in [-0.3, -0.25) is 4.90 Å². The Balaban J connectivity index is 3.56. The average molecular weight is 240 g/mol. The predicted molar refractivity (Wildman–Crippen MR) is 69.8 cm³/mol. The van der Waals surface area contributed by atoms with Crippen LogP contribution in [-0.2, 0) is 4.74 Å². The molecule has 0 spiro atoms. The molecule has 0 heterocycles. The molecule has 17 heavy (non-hydrogen) atoms. The molecule has 1 N–H and O–H groups in total. The number of hydrogen-bond acceptors (Lipinski definition) is 3. The Morgan fingerprint density at radius 3 is 2.59 bits per heavy atom. The van der Waals surface area contributed by atoms with E-state index in [0.717, 1.165) is 19.5 Å². The van der Waals surface area contributed by atoms with E-state index in [0.29, 0.717) is 6.54 Å². The fourth-order valence-electron chi connectivity index (χ4n) is 1.15. The van der Waals surface area contributed by atoms with Crippen molar-refractivity contribution in [2.24, 2.45) is 0 Å². The zero-order valence-electron chi connectivity index (χ0n) is 11.6. The van der Waals surface area contributed by atoms with Gasteiger partial charge in [-0.15, -0.1) is 5.92 Å². The monoisotopic (exact) mass is 240 g/mol. The third-order valence-corrected chi connectivity index (χ3v) is 1.91. The van der Waals surface area contributed by atoms with Crippen molar-refractivity contribution < 1.29 is 9.53 Å². The van der Waals surface area contributed by atoms with E-state index in [1.54, 1.807) is 0 Å². The van der Waals surface area contributed by atoms with Gasteiger partial charge in [0.25, 0.3) is 0 Å². The maximum absolute atomic E-state index is 11.3. The van der Waals surface area contributed by atoms with Crippen LogP contribution in [0.25, 0.3) is 0 Å². The summed E-state index contributed by atoms with van der Waals surface area (Å²) >= 11 is 0. The van der Waals surface area contributed by atoms with E-state index in [2.05, 4.69) is 22.1 Å². The summed E-state index contributed by atoms with van der Waals surface area (Å²) in [6.45, 7) is 9.68. The van der Waals surface area contributed by atoms with Gasteiger partial charge in [0.05, 0.1) is 6.54 Å². The summed E-state index contributed by atoms with van der Waals surface area (Å²) < 4.78 is 5.12. The Labute approximate surface area is 105 Å². The molecular formula is C13H24N2O2. The van der Waals surface area contributed by atoms with Gasteiger partial charge in [-0.05, 0) is 41.2 Å². The van der Waals surface area contributed by atoms with Crippen LogP contribution in [0.4, 0.5) is 4.79 Å². The summed E-state index contributed by atoms with van der Waals surface area (Å²) in [4.78, 5) is 13.4. The first kappa shape index (κ1) is 15.8. The lowest BCUT2D eigenvalue weighted by Crippen LogP contribution is -2.34. The summed E-state index contributed by atoms with van der Waals surface area (Å²) in [5.74, 6) is 5.84. The van der Waals surface area contributed by atoms with Crippen molar-refractivity contribution in [1.29, 1.82) is 0 Å². The standard InChI is InChI=1S/C13H24N2O2/c1-6-7-10-15(5)11-8-9-14-12(16)17-13(2,3)4/h8-11H2,1-5H3,(H,14,16). The largest absolute Gasteiger partial charge is 0.444 e. The Morgan fingerprint density at radius 1 is 1.41 bits per heavy atom. The normalized spacial score (nSPS) is 10.7. The molecule has 1 amide bonds. The van der Waals surface area contributed by atoms with Crippen LogP contribution in [0.15, 0.2) is 0 Å². The molecule has 0 atom stereocenters. The molecule has 0 aromatic carbocycles. The number of rotatable bonds is 5. The second-order valence-corrected chi connectivity index (χ2v) is 4.95. The first-order valence-corrected chi connectivity index (χ1v) is 5.90. The lowest BCUT2D eigenvalue weighted by Gasteiger charge is -2.20. The molecule has 0 bridgehead atoms. The quantitative estimate of drug-likeness (QED) is 0.589. The third kappa shape index (κ3) is 11.1. The molecule has 0 aromatic heterocycles. The fraction of sp³-hybridized carbons (Fsp3) is 0.769. The average Bonchev–Trinajstić information content (AvgIpc) is 2.19. The number of hydrogen-bond donors (Lipinski definition) is 1. The second kappa shape index (κ2) is 7.97. The number of nitrogens with one attached hydrogen (secondary N) is 1. The van der Waals surface area contributed by atoms with E-state index in [9.17, 15) is 4.79 Å². The van der Waals surface area contributed by atoms with Crippen molar-refractivity contribution in [3.05, 3.63) is 0 Å². The highest BCUT2D eigenvalue weighted by atomic mass is 16.6. The zero-order chi connectivity index (χ0) is 13.3. The van der Waals surface area contributed by atoms with Crippen molar-refractivity contribution in [2.75, 3.05) is 26.7 Å². The highest BCUT2D eigenvalue weighted by molar-refractivity contribution is 5.67. The lowest BCUT2D eigenvalue weighted by atomic mass is 10.2. The number of amides is 1. The highest BCUT2D eigenvalue weighted by Crippen LogP contribution is 2.06. The van der Waals surface area contributed by atoms with Crippen molar-refractivity contribution in [2.45, 2.75) is 39.7 Å². The van der Waals surface area contributed by atoms with Gasteiger partial charge in [0.1, 0.15) is 5.60 Å². The van der Waals surface area contributed by atoms with Crippen LogP contribution in [0.3, 0.4) is 0 Å². The van der Waals surface area contributed by atoms with Crippen LogP contribution < -0.4 is 5.32 Å². The molecule has 0 saturated heterocycles. The SMILES string of the molecule is CC#CCN(C)CCCNC(=O)OC(C)(C)C. The highest BCUT2D eigenvalue weighted by Gasteiger charge is 2.15. The topological polar surface area (TPSA) is 41.6 Å². The Bertz CT molecular complexity index is 284. The number of nitrogens with zero attached hydrogens (tertiary/aromatic N) is 1. The molecule has 4 nitrogen and oxygen atoms in total. The maximum Gasteiger partial charge on any atom is 0.407 e. The Kier molecular flexibility index (Phi) is 7.40. The van der Waals surface area contributed by atoms with Crippen LogP contribution >= 0.6 is 0 Å². The predicted octanol–water partition coefficient (Wildman–Crippen LogP) is 1.86. The molecule has 0 fully saturated rings. The molecule has 0 unspecified atom stereocenters. The van der Waals surface area contributed by atoms with Gasteiger partial charge in [-0.1, -0.05) is 5.92 Å². The van der Waals surface area contributed by atoms with Gasteiger partial charge >= 0.3 is 6.09 Å². The first-order chi connectivity index (χ1) is 7.85. The molecule has 0 rings (SSSR count). The van der Waals surface area contributed by atoms with Gasteiger partial charge in [-0.2, -0.15) is 0 Å². The summed E-state index contributed by atoms with van der Waals surface area (Å²) in [6, 6.07) is 0. The zero-order valence-corrected chi connectivity index (χ0v) is 11.6. The fourth-order valence-corrected chi connectivity index (χ4v) is 1.15. The minimum Gasteiger partial charge on any atom is -0.444 e. The number of ether oxygens (including phenoxy) is 1. The summed E-state index contributed by atoms with van der Waals surface area (Å²) in [5, 5.41) is 2.73. The van der Waals surface area contributed by atoms with Gasteiger partial charge in [0.2, 0.25) is 0 Å². The molecular weight excluding hydrogens is 216 g/mol. The third-order valence-electron chi connectivity index (χ3n) is 1.91. The van der Waals surface area contributed by atoms with Crippen LogP contribution in [-0.4, -0.2) is 43.3 Å². The van der Waals surface area contributed by atoms with Crippen molar-refractivity contribution in [1.82, 2.24) is 10.2 Å². The van der Waals surface area contributed by atoms with Crippen molar-refractivity contribution in [3.8, 4) is 11.8 Å². The van der Waals surface area contributed by atoms with Gasteiger partial charge in [0.15, 0.2) is 0 Å². The maximum atomic E-state index is 11.3. The summed E-state index contributed by atoms with van der Waals surface area (Å²) in [6.07, 6.45) is 0.537. The van der Waals surface area contributed by atoms with Gasteiger partial charge in [0, 0.05) is 13.1 Å². The Morgan fingerprint density at radius 2 is 2.06 bits per heavy atom. The van der Waals surface area contributed by atoms with E-state index in [-0.39, 0.29) is 6.09 Å². The molecule has 98 valence electrons. The molecule has 0 aliphatic carbocycles. The second-order valence-electron chi connectivity index (χ2n) is 4.95. The Hall–Kier alpha value is -1.21. The molecule has 0 radical (unpaired) electrons. The van der Waals surface area contributed by atoms with Crippen LogP contribution in [0.1, 0.15) is 34.1 Å². The smallest absolute Gasteiger partial charge is 0.407 e. The van der Waals surface area contributed by atoms with Gasteiger partial charge < -0.3 is 10.1 Å².